The number of urea groups is 1. The normalized spacial score (nSPS) is 23.1. The molecule has 24 heavy (non-hydrogen) atoms. The summed E-state index contributed by atoms with van der Waals surface area (Å²) in [5.41, 5.74) is 2.00. The lowest BCUT2D eigenvalue weighted by atomic mass is 10.0. The molecule has 2 N–H and O–H groups in total. The third-order valence-corrected chi connectivity index (χ3v) is 4.66. The van der Waals surface area contributed by atoms with Crippen molar-refractivity contribution < 1.29 is 19.4 Å². The number of hydrogen-bond acceptors (Lipinski definition) is 4. The minimum absolute atomic E-state index is 0.0254. The zero-order chi connectivity index (χ0) is 17.1. The Kier molecular flexibility index (Phi) is 4.85. The minimum atomic E-state index is -0.393. The van der Waals surface area contributed by atoms with Crippen LogP contribution in [0.5, 0.6) is 0 Å². The molecule has 1 aromatic rings. The molecule has 2 aliphatic rings. The molecular formula is C18H22N2O4. The van der Waals surface area contributed by atoms with E-state index >= 15 is 0 Å². The summed E-state index contributed by atoms with van der Waals surface area (Å²) in [6.45, 7) is 1.96. The van der Waals surface area contributed by atoms with Crippen LogP contribution < -0.4 is 5.32 Å². The van der Waals surface area contributed by atoms with Gasteiger partial charge in [0.1, 0.15) is 6.61 Å². The highest BCUT2D eigenvalue weighted by molar-refractivity contribution is 5.95. The van der Waals surface area contributed by atoms with E-state index in [-0.39, 0.29) is 31.3 Å². The molecule has 3 rings (SSSR count). The first-order valence-electron chi connectivity index (χ1n) is 8.23. The number of ether oxygens (including phenoxy) is 1. The summed E-state index contributed by atoms with van der Waals surface area (Å²) in [7, 11) is 0. The van der Waals surface area contributed by atoms with Crippen LogP contribution in [-0.2, 0) is 16.1 Å². The van der Waals surface area contributed by atoms with E-state index in [9.17, 15) is 14.7 Å². The summed E-state index contributed by atoms with van der Waals surface area (Å²) in [4.78, 5) is 26.5. The molecule has 2 aliphatic heterocycles. The standard InChI is InChI=1S/C18H22N2O4/c1-12-16(17(22)24-11-13-5-3-2-4-6-13)15-8-7-14(9-10-21)20(15)18(23)19-12/h2-6,14-15,21H,7-11H2,1H3,(H,19,23)/t14-,15+/m0/s1. The second-order valence-electron chi connectivity index (χ2n) is 6.20. The van der Waals surface area contributed by atoms with E-state index in [1.54, 1.807) is 11.8 Å². The van der Waals surface area contributed by atoms with Gasteiger partial charge >= 0.3 is 12.0 Å². The molecule has 128 valence electrons. The summed E-state index contributed by atoms with van der Waals surface area (Å²) in [5.74, 6) is -0.393. The van der Waals surface area contributed by atoms with E-state index in [1.165, 1.54) is 0 Å². The Labute approximate surface area is 141 Å². The van der Waals surface area contributed by atoms with Gasteiger partial charge in [0.25, 0.3) is 0 Å². The number of amides is 2. The number of allylic oxidation sites excluding steroid dienone is 1. The number of hydrogen-bond donors (Lipinski definition) is 2. The Hall–Kier alpha value is -2.34. The average Bonchev–Trinajstić information content (AvgIpc) is 2.98. The highest BCUT2D eigenvalue weighted by atomic mass is 16.5. The van der Waals surface area contributed by atoms with Gasteiger partial charge in [-0.25, -0.2) is 9.59 Å². The summed E-state index contributed by atoms with van der Waals surface area (Å²) < 4.78 is 5.45. The van der Waals surface area contributed by atoms with Gasteiger partial charge in [-0.1, -0.05) is 30.3 Å². The largest absolute Gasteiger partial charge is 0.457 e. The van der Waals surface area contributed by atoms with Crippen molar-refractivity contribution in [3.05, 3.63) is 47.2 Å². The number of carbonyl (C=O) groups excluding carboxylic acids is 2. The highest BCUT2D eigenvalue weighted by Gasteiger charge is 2.44. The first-order valence-corrected chi connectivity index (χ1v) is 8.23. The number of carbonyl (C=O) groups is 2. The molecule has 0 aliphatic carbocycles. The van der Waals surface area contributed by atoms with Gasteiger partial charge in [0.2, 0.25) is 0 Å². The molecular weight excluding hydrogens is 308 g/mol. The quantitative estimate of drug-likeness (QED) is 0.809. The molecule has 0 saturated carbocycles. The average molecular weight is 330 g/mol. The summed E-state index contributed by atoms with van der Waals surface area (Å²) in [5, 5.41) is 11.9. The summed E-state index contributed by atoms with van der Waals surface area (Å²) in [6.07, 6.45) is 2.02. The van der Waals surface area contributed by atoms with Gasteiger partial charge in [0.15, 0.2) is 0 Å². The topological polar surface area (TPSA) is 78.9 Å². The third-order valence-electron chi connectivity index (χ3n) is 4.66. The van der Waals surface area contributed by atoms with Crippen LogP contribution >= 0.6 is 0 Å². The highest BCUT2D eigenvalue weighted by Crippen LogP contribution is 2.35. The molecule has 0 spiro atoms. The van der Waals surface area contributed by atoms with Gasteiger partial charge < -0.3 is 20.1 Å². The van der Waals surface area contributed by atoms with Gasteiger partial charge in [-0.05, 0) is 31.7 Å². The van der Waals surface area contributed by atoms with E-state index in [1.807, 2.05) is 30.3 Å². The Morgan fingerprint density at radius 3 is 2.79 bits per heavy atom. The Morgan fingerprint density at radius 1 is 1.33 bits per heavy atom. The second-order valence-corrected chi connectivity index (χ2v) is 6.20. The zero-order valence-electron chi connectivity index (χ0n) is 13.7. The Bertz CT molecular complexity index is 656. The smallest absolute Gasteiger partial charge is 0.338 e. The molecule has 1 fully saturated rings. The lowest BCUT2D eigenvalue weighted by Crippen LogP contribution is -2.52. The fourth-order valence-corrected chi connectivity index (χ4v) is 3.54. The van der Waals surface area contributed by atoms with Crippen LogP contribution in [0.3, 0.4) is 0 Å². The van der Waals surface area contributed by atoms with Crippen molar-refractivity contribution in [2.75, 3.05) is 6.61 Å². The molecule has 2 amide bonds. The van der Waals surface area contributed by atoms with E-state index in [4.69, 9.17) is 4.74 Å². The maximum atomic E-state index is 12.6. The lowest BCUT2D eigenvalue weighted by molar-refractivity contribution is -0.141. The number of fused-ring (bicyclic) bond motifs is 1. The minimum Gasteiger partial charge on any atom is -0.457 e. The molecule has 2 atom stereocenters. The predicted octanol–water partition coefficient (Wildman–Crippen LogP) is 1.94. The maximum Gasteiger partial charge on any atom is 0.338 e. The van der Waals surface area contributed by atoms with Crippen LogP contribution in [0.25, 0.3) is 0 Å². The third kappa shape index (κ3) is 3.14. The van der Waals surface area contributed by atoms with E-state index < -0.39 is 5.97 Å². The van der Waals surface area contributed by atoms with E-state index in [0.717, 1.165) is 12.0 Å². The van der Waals surface area contributed by atoms with Gasteiger partial charge in [0.05, 0.1) is 11.6 Å². The van der Waals surface area contributed by atoms with Crippen molar-refractivity contribution in [2.24, 2.45) is 0 Å². The Morgan fingerprint density at radius 2 is 2.08 bits per heavy atom. The number of benzene rings is 1. The maximum absolute atomic E-state index is 12.6. The van der Waals surface area contributed by atoms with Crippen molar-refractivity contribution in [1.29, 1.82) is 0 Å². The lowest BCUT2D eigenvalue weighted by Gasteiger charge is -2.35. The SMILES string of the molecule is CC1=C(C(=O)OCc2ccccc2)[C@H]2CC[C@@H](CCO)N2C(=O)N1. The monoisotopic (exact) mass is 330 g/mol. The van der Waals surface area contributed by atoms with Gasteiger partial charge in [0, 0.05) is 18.3 Å². The van der Waals surface area contributed by atoms with Crippen molar-refractivity contribution >= 4 is 12.0 Å². The van der Waals surface area contributed by atoms with E-state index in [0.29, 0.717) is 24.1 Å². The number of aliphatic hydroxyl groups excluding tert-OH is 1. The number of nitrogens with zero attached hydrogens (tertiary/aromatic N) is 1. The van der Waals surface area contributed by atoms with Crippen LogP contribution in [0, 0.1) is 0 Å². The van der Waals surface area contributed by atoms with Crippen LogP contribution in [-0.4, -0.2) is 40.7 Å². The van der Waals surface area contributed by atoms with Crippen LogP contribution in [0.4, 0.5) is 4.79 Å². The predicted molar refractivity (Wildman–Crippen MR) is 87.8 cm³/mol. The molecule has 0 radical (unpaired) electrons. The second kappa shape index (κ2) is 7.05. The summed E-state index contributed by atoms with van der Waals surface area (Å²) in [6, 6.07) is 9.00. The van der Waals surface area contributed by atoms with Crippen LogP contribution in [0.1, 0.15) is 31.7 Å². The fraction of sp³-hybridized carbons (Fsp3) is 0.444. The molecule has 0 aromatic heterocycles. The molecule has 1 aromatic carbocycles. The Balaban J connectivity index is 1.75. The van der Waals surface area contributed by atoms with Crippen LogP contribution in [0.2, 0.25) is 0 Å². The molecule has 6 nitrogen and oxygen atoms in total. The molecule has 6 heteroatoms. The van der Waals surface area contributed by atoms with Crippen LogP contribution in [0.15, 0.2) is 41.6 Å². The van der Waals surface area contributed by atoms with Gasteiger partial charge in [-0.3, -0.25) is 0 Å². The van der Waals surface area contributed by atoms with Crippen molar-refractivity contribution in [3.8, 4) is 0 Å². The molecule has 2 heterocycles. The van der Waals surface area contributed by atoms with Gasteiger partial charge in [-0.2, -0.15) is 0 Å². The molecule has 1 saturated heterocycles. The van der Waals surface area contributed by atoms with Crippen molar-refractivity contribution in [3.63, 3.8) is 0 Å². The summed E-state index contributed by atoms with van der Waals surface area (Å²) >= 11 is 0. The first kappa shape index (κ1) is 16.5. The number of aliphatic hydroxyl groups is 1. The molecule has 0 bridgehead atoms. The van der Waals surface area contributed by atoms with Crippen molar-refractivity contribution in [2.45, 2.75) is 44.9 Å². The van der Waals surface area contributed by atoms with Gasteiger partial charge in [-0.15, -0.1) is 0 Å². The van der Waals surface area contributed by atoms with Crippen molar-refractivity contribution in [1.82, 2.24) is 10.2 Å². The first-order chi connectivity index (χ1) is 11.6. The number of nitrogens with one attached hydrogen (secondary N) is 1. The fourth-order valence-electron chi connectivity index (χ4n) is 3.54. The van der Waals surface area contributed by atoms with E-state index in [2.05, 4.69) is 5.32 Å². The number of rotatable bonds is 5. The zero-order valence-corrected chi connectivity index (χ0v) is 13.7. The number of esters is 1. The molecule has 0 unspecified atom stereocenters.